The van der Waals surface area contributed by atoms with Crippen LogP contribution in [0.1, 0.15) is 0 Å². The first-order valence-corrected chi connectivity index (χ1v) is 13.6. The summed E-state index contributed by atoms with van der Waals surface area (Å²) in [5.41, 5.74) is 8.74. The van der Waals surface area contributed by atoms with Crippen LogP contribution in [0.5, 0.6) is 0 Å². The van der Waals surface area contributed by atoms with E-state index in [1.165, 1.54) is 0 Å². The van der Waals surface area contributed by atoms with Gasteiger partial charge < -0.3 is 0 Å². The van der Waals surface area contributed by atoms with Gasteiger partial charge in [0, 0.05) is 20.1 Å². The van der Waals surface area contributed by atoms with Crippen molar-refractivity contribution >= 4 is 57.2 Å². The Bertz CT molecular complexity index is 1620. The lowest BCUT2D eigenvalue weighted by Crippen LogP contribution is -1.97. The Hall–Kier alpha value is -3.26. The molecule has 0 bridgehead atoms. The molecule has 0 fully saturated rings. The molecule has 0 unspecified atom stereocenters. The Kier molecular flexibility index (Phi) is 6.91. The minimum Gasteiger partial charge on any atom is -0.0843 e. The Balaban J connectivity index is 1.86. The van der Waals surface area contributed by atoms with E-state index in [2.05, 4.69) is 72.8 Å². The van der Waals surface area contributed by atoms with E-state index in [9.17, 15) is 0 Å². The molecule has 0 amide bonds. The van der Waals surface area contributed by atoms with Crippen LogP contribution < -0.4 is 0 Å². The highest BCUT2D eigenvalue weighted by Crippen LogP contribution is 2.51. The lowest BCUT2D eigenvalue weighted by molar-refractivity contribution is 1.57. The maximum absolute atomic E-state index is 6.34. The summed E-state index contributed by atoms with van der Waals surface area (Å²) in [5.74, 6) is 0. The minimum atomic E-state index is 0.688. The second kappa shape index (κ2) is 10.5. The van der Waals surface area contributed by atoms with E-state index in [1.54, 1.807) is 0 Å². The van der Waals surface area contributed by atoms with Crippen LogP contribution in [0.3, 0.4) is 0 Å². The molecule has 184 valence electrons. The quantitative estimate of drug-likeness (QED) is 0.198. The molecule has 0 aliphatic heterocycles. The monoisotopic (exact) mass is 568 g/mol. The van der Waals surface area contributed by atoms with E-state index in [0.717, 1.165) is 55.3 Å². The van der Waals surface area contributed by atoms with Crippen molar-refractivity contribution in [3.05, 3.63) is 141 Å². The van der Waals surface area contributed by atoms with Crippen LogP contribution in [-0.4, -0.2) is 0 Å². The van der Waals surface area contributed by atoms with Gasteiger partial charge in [-0.05, 0) is 104 Å². The molecule has 0 N–H and O–H groups in total. The van der Waals surface area contributed by atoms with E-state index in [4.69, 9.17) is 46.4 Å². The molecule has 0 atom stereocenters. The molecular formula is C34H20Cl4. The van der Waals surface area contributed by atoms with Gasteiger partial charge in [0.2, 0.25) is 0 Å². The zero-order valence-corrected chi connectivity index (χ0v) is 23.1. The summed E-state index contributed by atoms with van der Waals surface area (Å²) in [6, 6.07) is 40.7. The van der Waals surface area contributed by atoms with Gasteiger partial charge in [0.1, 0.15) is 0 Å². The average Bonchev–Trinajstić information content (AvgIpc) is 2.94. The van der Waals surface area contributed by atoms with Crippen molar-refractivity contribution in [2.45, 2.75) is 0 Å². The van der Waals surface area contributed by atoms with Crippen molar-refractivity contribution < 1.29 is 0 Å². The van der Waals surface area contributed by atoms with E-state index in [0.29, 0.717) is 20.1 Å². The number of hydrogen-bond acceptors (Lipinski definition) is 0. The first-order valence-electron chi connectivity index (χ1n) is 12.1. The fraction of sp³-hybridized carbons (Fsp3) is 0. The Morgan fingerprint density at radius 1 is 0.263 bits per heavy atom. The number of benzene rings is 6. The van der Waals surface area contributed by atoms with Crippen LogP contribution in [-0.2, 0) is 0 Å². The predicted octanol–water partition coefficient (Wildman–Crippen LogP) is 12.1. The smallest absolute Gasteiger partial charge is 0.0406 e. The van der Waals surface area contributed by atoms with Crippen molar-refractivity contribution in [3.8, 4) is 44.5 Å². The normalized spacial score (nSPS) is 11.2. The standard InChI is InChI=1S/C34H20Cl4/c35-25-13-5-21(6-14-25)31-29-3-1-2-4-30(29)32(22-7-15-26(36)16-8-22)34(24-11-19-28(38)20-12-24)33(31)23-9-17-27(37)18-10-23/h1-20H. The zero-order valence-electron chi connectivity index (χ0n) is 20.1. The number of rotatable bonds is 4. The first-order chi connectivity index (χ1) is 18.5. The fourth-order valence-electron chi connectivity index (χ4n) is 5.08. The molecule has 0 nitrogen and oxygen atoms in total. The van der Waals surface area contributed by atoms with E-state index < -0.39 is 0 Å². The van der Waals surface area contributed by atoms with Crippen LogP contribution in [0.25, 0.3) is 55.3 Å². The number of fused-ring (bicyclic) bond motifs is 1. The third-order valence-electron chi connectivity index (χ3n) is 6.75. The van der Waals surface area contributed by atoms with E-state index in [1.807, 2.05) is 48.5 Å². The molecule has 6 rings (SSSR count). The molecular weight excluding hydrogens is 550 g/mol. The Morgan fingerprint density at radius 3 is 0.763 bits per heavy atom. The second-order valence-corrected chi connectivity index (χ2v) is 10.8. The lowest BCUT2D eigenvalue weighted by Gasteiger charge is -2.24. The van der Waals surface area contributed by atoms with Crippen molar-refractivity contribution in [3.63, 3.8) is 0 Å². The fourth-order valence-corrected chi connectivity index (χ4v) is 5.59. The molecule has 6 aromatic rings. The average molecular weight is 570 g/mol. The molecule has 4 heteroatoms. The summed E-state index contributed by atoms with van der Waals surface area (Å²) in [6.45, 7) is 0. The van der Waals surface area contributed by atoms with Gasteiger partial charge in [0.05, 0.1) is 0 Å². The van der Waals surface area contributed by atoms with Crippen LogP contribution >= 0.6 is 46.4 Å². The van der Waals surface area contributed by atoms with E-state index >= 15 is 0 Å². The van der Waals surface area contributed by atoms with Gasteiger partial charge in [0.25, 0.3) is 0 Å². The summed E-state index contributed by atoms with van der Waals surface area (Å²) >= 11 is 25.3. The van der Waals surface area contributed by atoms with Gasteiger partial charge in [-0.25, -0.2) is 0 Å². The highest BCUT2D eigenvalue weighted by molar-refractivity contribution is 6.32. The maximum Gasteiger partial charge on any atom is 0.0406 e. The van der Waals surface area contributed by atoms with Gasteiger partial charge in [-0.3, -0.25) is 0 Å². The van der Waals surface area contributed by atoms with Crippen LogP contribution in [0.2, 0.25) is 20.1 Å². The molecule has 38 heavy (non-hydrogen) atoms. The highest BCUT2D eigenvalue weighted by atomic mass is 35.5. The summed E-state index contributed by atoms with van der Waals surface area (Å²) in [7, 11) is 0. The SMILES string of the molecule is Clc1ccc(-c2c(-c3ccc(Cl)cc3)c(-c3ccc(Cl)cc3)c3ccccc3c2-c2ccc(Cl)cc2)cc1. The summed E-state index contributed by atoms with van der Waals surface area (Å²) in [4.78, 5) is 0. The van der Waals surface area contributed by atoms with E-state index in [-0.39, 0.29) is 0 Å². The van der Waals surface area contributed by atoms with Gasteiger partial charge in [-0.15, -0.1) is 0 Å². The molecule has 0 spiro atoms. The van der Waals surface area contributed by atoms with Crippen molar-refractivity contribution in [2.75, 3.05) is 0 Å². The van der Waals surface area contributed by atoms with Crippen molar-refractivity contribution in [2.24, 2.45) is 0 Å². The first kappa shape index (κ1) is 25.0. The van der Waals surface area contributed by atoms with Gasteiger partial charge in [-0.2, -0.15) is 0 Å². The maximum atomic E-state index is 6.34. The zero-order chi connectivity index (χ0) is 26.2. The molecule has 6 aromatic carbocycles. The Labute approximate surface area is 242 Å². The summed E-state index contributed by atoms with van der Waals surface area (Å²) in [6.07, 6.45) is 0. The summed E-state index contributed by atoms with van der Waals surface area (Å²) < 4.78 is 0. The third kappa shape index (κ3) is 4.70. The van der Waals surface area contributed by atoms with Gasteiger partial charge in [-0.1, -0.05) is 119 Å². The molecule has 0 aromatic heterocycles. The van der Waals surface area contributed by atoms with Crippen LogP contribution in [0.4, 0.5) is 0 Å². The topological polar surface area (TPSA) is 0 Å². The lowest BCUT2D eigenvalue weighted by atomic mass is 9.79. The molecule has 0 heterocycles. The Morgan fingerprint density at radius 2 is 0.500 bits per heavy atom. The minimum absolute atomic E-state index is 0.688. The van der Waals surface area contributed by atoms with Crippen molar-refractivity contribution in [1.29, 1.82) is 0 Å². The molecule has 0 aliphatic rings. The predicted molar refractivity (Wildman–Crippen MR) is 166 cm³/mol. The molecule has 0 saturated heterocycles. The second-order valence-electron chi connectivity index (χ2n) is 9.07. The molecule has 0 radical (unpaired) electrons. The molecule has 0 saturated carbocycles. The third-order valence-corrected chi connectivity index (χ3v) is 7.76. The largest absolute Gasteiger partial charge is 0.0843 e. The van der Waals surface area contributed by atoms with Gasteiger partial charge >= 0.3 is 0 Å². The molecule has 0 aliphatic carbocycles. The van der Waals surface area contributed by atoms with Crippen molar-refractivity contribution in [1.82, 2.24) is 0 Å². The number of halogens is 4. The number of hydrogen-bond donors (Lipinski definition) is 0. The van der Waals surface area contributed by atoms with Gasteiger partial charge in [0.15, 0.2) is 0 Å². The summed E-state index contributed by atoms with van der Waals surface area (Å²) in [5, 5.41) is 5.05. The van der Waals surface area contributed by atoms with Crippen LogP contribution in [0.15, 0.2) is 121 Å². The highest BCUT2D eigenvalue weighted by Gasteiger charge is 2.24. The van der Waals surface area contributed by atoms with Crippen LogP contribution in [0, 0.1) is 0 Å².